The zero-order valence-corrected chi connectivity index (χ0v) is 14.1. The summed E-state index contributed by atoms with van der Waals surface area (Å²) in [6.07, 6.45) is 2.57. The molecule has 0 aromatic carbocycles. The van der Waals surface area contributed by atoms with E-state index in [0.29, 0.717) is 17.9 Å². The molecule has 1 aliphatic carbocycles. The number of nitrogens with zero attached hydrogens (tertiary/aromatic N) is 2. The summed E-state index contributed by atoms with van der Waals surface area (Å²) >= 11 is 3.51. The molecular weight excluding hydrogens is 286 g/mol. The predicted molar refractivity (Wildman–Crippen MR) is 88.0 cm³/mol. The molecule has 0 radical (unpaired) electrons. The number of hydrogen-bond donors (Lipinski definition) is 1. The Labute approximate surface area is 128 Å². The Morgan fingerprint density at radius 2 is 1.95 bits per heavy atom. The molecule has 1 N–H and O–H groups in total. The molecule has 108 valence electrons. The van der Waals surface area contributed by atoms with Crippen LogP contribution in [0.2, 0.25) is 0 Å². The van der Waals surface area contributed by atoms with Gasteiger partial charge in [-0.15, -0.1) is 22.7 Å². The molecule has 3 nitrogen and oxygen atoms in total. The normalized spacial score (nSPS) is 15.3. The molecule has 0 atom stereocenters. The summed E-state index contributed by atoms with van der Waals surface area (Å²) in [5.74, 6) is 1.18. The van der Waals surface area contributed by atoms with E-state index in [9.17, 15) is 0 Å². The van der Waals surface area contributed by atoms with Gasteiger partial charge in [-0.05, 0) is 26.7 Å². The van der Waals surface area contributed by atoms with Crippen LogP contribution in [0, 0.1) is 0 Å². The number of rotatable bonds is 5. The van der Waals surface area contributed by atoms with Crippen molar-refractivity contribution in [3.8, 4) is 10.6 Å². The number of thiazole rings is 2. The van der Waals surface area contributed by atoms with E-state index in [0.717, 1.165) is 10.8 Å². The van der Waals surface area contributed by atoms with E-state index < -0.39 is 0 Å². The van der Waals surface area contributed by atoms with Crippen molar-refractivity contribution in [2.24, 2.45) is 0 Å². The molecule has 1 saturated carbocycles. The second-order valence-electron chi connectivity index (χ2n) is 6.03. The van der Waals surface area contributed by atoms with Gasteiger partial charge in [0.2, 0.25) is 0 Å². The van der Waals surface area contributed by atoms with Crippen LogP contribution >= 0.6 is 22.7 Å². The summed E-state index contributed by atoms with van der Waals surface area (Å²) < 4.78 is 0. The molecule has 2 heterocycles. The highest BCUT2D eigenvalue weighted by Crippen LogP contribution is 2.47. The van der Waals surface area contributed by atoms with Crippen molar-refractivity contribution in [2.75, 3.05) is 5.32 Å². The zero-order valence-electron chi connectivity index (χ0n) is 12.4. The van der Waals surface area contributed by atoms with Crippen LogP contribution in [-0.2, 0) is 0 Å². The number of anilines is 1. The van der Waals surface area contributed by atoms with Crippen LogP contribution in [0.15, 0.2) is 5.38 Å². The number of nitrogens with one attached hydrogen (secondary N) is 1. The molecule has 0 aliphatic heterocycles. The average Bonchev–Trinajstić information content (AvgIpc) is 2.95. The maximum absolute atomic E-state index is 4.88. The van der Waals surface area contributed by atoms with Gasteiger partial charge in [0.15, 0.2) is 5.13 Å². The van der Waals surface area contributed by atoms with Crippen molar-refractivity contribution in [1.82, 2.24) is 9.97 Å². The molecule has 20 heavy (non-hydrogen) atoms. The average molecular weight is 307 g/mol. The Kier molecular flexibility index (Phi) is 3.82. The monoisotopic (exact) mass is 307 g/mol. The Morgan fingerprint density at radius 1 is 1.20 bits per heavy atom. The number of hydrogen-bond acceptors (Lipinski definition) is 5. The second-order valence-corrected chi connectivity index (χ2v) is 7.92. The lowest BCUT2D eigenvalue weighted by Gasteiger charge is -2.04. The van der Waals surface area contributed by atoms with Gasteiger partial charge in [0.25, 0.3) is 0 Å². The minimum absolute atomic E-state index is 0.421. The van der Waals surface area contributed by atoms with Crippen molar-refractivity contribution in [3.63, 3.8) is 0 Å². The fraction of sp³-hybridized carbons (Fsp3) is 0.600. The van der Waals surface area contributed by atoms with Gasteiger partial charge < -0.3 is 5.32 Å². The summed E-state index contributed by atoms with van der Waals surface area (Å²) in [5.41, 5.74) is 2.39. The van der Waals surface area contributed by atoms with Crippen molar-refractivity contribution < 1.29 is 0 Å². The third-order valence-electron chi connectivity index (χ3n) is 3.28. The maximum Gasteiger partial charge on any atom is 0.183 e. The van der Waals surface area contributed by atoms with Crippen LogP contribution in [0.1, 0.15) is 63.1 Å². The van der Waals surface area contributed by atoms with Crippen LogP contribution < -0.4 is 5.32 Å². The molecule has 0 amide bonds. The van der Waals surface area contributed by atoms with E-state index in [4.69, 9.17) is 9.97 Å². The van der Waals surface area contributed by atoms with Crippen molar-refractivity contribution in [1.29, 1.82) is 0 Å². The topological polar surface area (TPSA) is 37.8 Å². The number of aromatic nitrogens is 2. The van der Waals surface area contributed by atoms with E-state index in [1.165, 1.54) is 28.4 Å². The van der Waals surface area contributed by atoms with Crippen molar-refractivity contribution in [2.45, 2.75) is 58.4 Å². The molecular formula is C15H21N3S2. The highest BCUT2D eigenvalue weighted by molar-refractivity contribution is 7.17. The highest BCUT2D eigenvalue weighted by atomic mass is 32.1. The smallest absolute Gasteiger partial charge is 0.183 e. The predicted octanol–water partition coefficient (Wildman–Crippen LogP) is 5.09. The molecule has 2 aromatic rings. The van der Waals surface area contributed by atoms with Gasteiger partial charge in [-0.3, -0.25) is 0 Å². The van der Waals surface area contributed by atoms with Crippen LogP contribution in [-0.4, -0.2) is 16.0 Å². The molecule has 1 fully saturated rings. The Morgan fingerprint density at radius 3 is 2.55 bits per heavy atom. The first-order valence-electron chi connectivity index (χ1n) is 7.27. The Hall–Kier alpha value is -0.940. The first kappa shape index (κ1) is 14.0. The molecule has 0 bridgehead atoms. The summed E-state index contributed by atoms with van der Waals surface area (Å²) in [4.78, 5) is 10.9. The lowest BCUT2D eigenvalue weighted by atomic mass is 10.2. The van der Waals surface area contributed by atoms with Crippen molar-refractivity contribution in [3.05, 3.63) is 16.1 Å². The van der Waals surface area contributed by atoms with E-state index in [1.54, 1.807) is 11.3 Å². The quantitative estimate of drug-likeness (QED) is 0.836. The van der Waals surface area contributed by atoms with Crippen molar-refractivity contribution >= 4 is 27.8 Å². The summed E-state index contributed by atoms with van der Waals surface area (Å²) in [6.45, 7) is 8.71. The van der Waals surface area contributed by atoms with E-state index >= 15 is 0 Å². The van der Waals surface area contributed by atoms with Crippen LogP contribution in [0.25, 0.3) is 10.6 Å². The molecule has 0 unspecified atom stereocenters. The van der Waals surface area contributed by atoms with Gasteiger partial charge in [-0.1, -0.05) is 13.8 Å². The molecule has 2 aromatic heterocycles. The Balaban J connectivity index is 1.93. The lowest BCUT2D eigenvalue weighted by Crippen LogP contribution is -2.08. The van der Waals surface area contributed by atoms with Gasteiger partial charge >= 0.3 is 0 Å². The molecule has 3 rings (SSSR count). The minimum atomic E-state index is 0.421. The third kappa shape index (κ3) is 2.88. The summed E-state index contributed by atoms with van der Waals surface area (Å²) in [7, 11) is 0. The van der Waals surface area contributed by atoms with Gasteiger partial charge in [0, 0.05) is 23.3 Å². The Bertz CT molecular complexity index is 594. The van der Waals surface area contributed by atoms with Crippen LogP contribution in [0.5, 0.6) is 0 Å². The molecule has 1 aliphatic rings. The lowest BCUT2D eigenvalue weighted by molar-refractivity contribution is 0.838. The van der Waals surface area contributed by atoms with E-state index in [2.05, 4.69) is 38.4 Å². The van der Waals surface area contributed by atoms with E-state index in [1.807, 2.05) is 11.3 Å². The largest absolute Gasteiger partial charge is 0.359 e. The first-order chi connectivity index (χ1) is 9.54. The third-order valence-corrected chi connectivity index (χ3v) is 5.44. The van der Waals surface area contributed by atoms with Gasteiger partial charge in [0.05, 0.1) is 21.3 Å². The van der Waals surface area contributed by atoms with Gasteiger partial charge in [-0.2, -0.15) is 0 Å². The summed E-state index contributed by atoms with van der Waals surface area (Å²) in [6, 6.07) is 0.421. The fourth-order valence-corrected chi connectivity index (χ4v) is 4.14. The van der Waals surface area contributed by atoms with E-state index in [-0.39, 0.29) is 0 Å². The fourth-order valence-electron chi connectivity index (χ4n) is 2.10. The first-order valence-corrected chi connectivity index (χ1v) is 8.97. The zero-order chi connectivity index (χ0) is 14.3. The maximum atomic E-state index is 4.88. The molecule has 0 saturated heterocycles. The minimum Gasteiger partial charge on any atom is -0.359 e. The SMILES string of the molecule is CC(C)Nc1nc(-c2sc(C(C)C)nc2C2CC2)cs1. The van der Waals surface area contributed by atoms with Gasteiger partial charge in [0.1, 0.15) is 0 Å². The van der Waals surface area contributed by atoms with Crippen LogP contribution in [0.4, 0.5) is 5.13 Å². The van der Waals surface area contributed by atoms with Crippen LogP contribution in [0.3, 0.4) is 0 Å². The highest BCUT2D eigenvalue weighted by Gasteiger charge is 2.31. The second kappa shape index (κ2) is 5.45. The molecule has 5 heteroatoms. The van der Waals surface area contributed by atoms with Gasteiger partial charge in [-0.25, -0.2) is 9.97 Å². The standard InChI is InChI=1S/C15H21N3S2/c1-8(2)14-18-12(10-5-6-10)13(20-14)11-7-19-15(17-11)16-9(3)4/h7-10H,5-6H2,1-4H3,(H,16,17). The molecule has 0 spiro atoms. The summed E-state index contributed by atoms with van der Waals surface area (Å²) in [5, 5.41) is 7.80.